The van der Waals surface area contributed by atoms with Gasteiger partial charge in [-0.05, 0) is 40.6 Å². The first kappa shape index (κ1) is 18.0. The van der Waals surface area contributed by atoms with Crippen molar-refractivity contribution in [1.82, 2.24) is 10.6 Å². The number of amides is 2. The zero-order chi connectivity index (χ0) is 18.4. The van der Waals surface area contributed by atoms with Crippen molar-refractivity contribution in [2.24, 2.45) is 0 Å². The van der Waals surface area contributed by atoms with E-state index in [9.17, 15) is 9.59 Å². The summed E-state index contributed by atoms with van der Waals surface area (Å²) >= 11 is 5.80. The van der Waals surface area contributed by atoms with Crippen LogP contribution in [0.1, 0.15) is 15.9 Å². The topological polar surface area (TPSA) is 58.2 Å². The molecule has 0 spiro atoms. The number of hydrogen-bond donors (Lipinski definition) is 2. The highest BCUT2D eigenvalue weighted by molar-refractivity contribution is 6.30. The van der Waals surface area contributed by atoms with Gasteiger partial charge in [-0.25, -0.2) is 0 Å². The summed E-state index contributed by atoms with van der Waals surface area (Å²) in [6, 6.07) is 20.7. The molecule has 0 aromatic heterocycles. The van der Waals surface area contributed by atoms with Gasteiger partial charge in [0.25, 0.3) is 5.91 Å². The van der Waals surface area contributed by atoms with Crippen LogP contribution < -0.4 is 10.6 Å². The molecule has 0 heterocycles. The average Bonchev–Trinajstić information content (AvgIpc) is 2.65. The SMILES string of the molecule is O=C(Cc1ccc2ccccc2c1)NCCNC(=O)c1ccc(Cl)cc1. The summed E-state index contributed by atoms with van der Waals surface area (Å²) < 4.78 is 0. The van der Waals surface area contributed by atoms with Crippen LogP contribution in [0.2, 0.25) is 5.02 Å². The molecule has 2 amide bonds. The molecule has 0 aliphatic carbocycles. The molecule has 0 aliphatic rings. The number of rotatable bonds is 6. The summed E-state index contributed by atoms with van der Waals surface area (Å²) in [5.74, 6) is -0.258. The summed E-state index contributed by atoms with van der Waals surface area (Å²) in [6.07, 6.45) is 0.315. The zero-order valence-corrected chi connectivity index (χ0v) is 14.9. The lowest BCUT2D eigenvalue weighted by atomic mass is 10.1. The Balaban J connectivity index is 1.43. The van der Waals surface area contributed by atoms with Crippen molar-refractivity contribution in [3.8, 4) is 0 Å². The summed E-state index contributed by atoms with van der Waals surface area (Å²) in [6.45, 7) is 0.747. The number of carbonyl (C=O) groups is 2. The summed E-state index contributed by atoms with van der Waals surface area (Å²) in [5.41, 5.74) is 1.50. The Hall–Kier alpha value is -2.85. The largest absolute Gasteiger partial charge is 0.354 e. The molecule has 0 radical (unpaired) electrons. The predicted octanol–water partition coefficient (Wildman–Crippen LogP) is 3.58. The maximum absolute atomic E-state index is 12.1. The van der Waals surface area contributed by atoms with Crippen molar-refractivity contribution in [3.63, 3.8) is 0 Å². The van der Waals surface area contributed by atoms with E-state index < -0.39 is 0 Å². The predicted molar refractivity (Wildman–Crippen MR) is 104 cm³/mol. The normalized spacial score (nSPS) is 10.5. The molecule has 0 aliphatic heterocycles. The lowest BCUT2D eigenvalue weighted by Crippen LogP contribution is -2.35. The smallest absolute Gasteiger partial charge is 0.251 e. The highest BCUT2D eigenvalue weighted by atomic mass is 35.5. The van der Waals surface area contributed by atoms with Crippen LogP contribution in [0.15, 0.2) is 66.7 Å². The average molecular weight is 367 g/mol. The quantitative estimate of drug-likeness (QED) is 0.655. The fraction of sp³-hybridized carbons (Fsp3) is 0.143. The van der Waals surface area contributed by atoms with Crippen molar-refractivity contribution in [3.05, 3.63) is 82.9 Å². The Kier molecular flexibility index (Phi) is 5.87. The first-order chi connectivity index (χ1) is 12.6. The molecular formula is C21H19ClN2O2. The minimum absolute atomic E-state index is 0.0685. The van der Waals surface area contributed by atoms with Gasteiger partial charge < -0.3 is 10.6 Å². The van der Waals surface area contributed by atoms with Crippen LogP contribution in [-0.2, 0) is 11.2 Å². The van der Waals surface area contributed by atoms with E-state index >= 15 is 0 Å². The summed E-state index contributed by atoms with van der Waals surface area (Å²) in [5, 5.41) is 8.44. The molecule has 0 fully saturated rings. The van der Waals surface area contributed by atoms with Crippen LogP contribution in [0.4, 0.5) is 0 Å². The van der Waals surface area contributed by atoms with E-state index in [0.29, 0.717) is 30.1 Å². The van der Waals surface area contributed by atoms with Crippen LogP contribution in [0.3, 0.4) is 0 Å². The standard InChI is InChI=1S/C21H19ClN2O2/c22-19-9-7-17(8-10-19)21(26)24-12-11-23-20(25)14-15-5-6-16-3-1-2-4-18(16)13-15/h1-10,13H,11-12,14H2,(H,23,25)(H,24,26). The van der Waals surface area contributed by atoms with Gasteiger partial charge in [-0.3, -0.25) is 9.59 Å². The van der Waals surface area contributed by atoms with Crippen LogP contribution in [0.25, 0.3) is 10.8 Å². The first-order valence-electron chi connectivity index (χ1n) is 8.40. The van der Waals surface area contributed by atoms with E-state index in [0.717, 1.165) is 16.3 Å². The second kappa shape index (κ2) is 8.50. The van der Waals surface area contributed by atoms with Gasteiger partial charge in [-0.15, -0.1) is 0 Å². The summed E-state index contributed by atoms with van der Waals surface area (Å²) in [4.78, 5) is 24.0. The number of halogens is 1. The number of fused-ring (bicyclic) bond motifs is 1. The molecule has 3 aromatic rings. The molecule has 0 bridgehead atoms. The maximum atomic E-state index is 12.1. The van der Waals surface area contributed by atoms with E-state index in [1.165, 1.54) is 0 Å². The van der Waals surface area contributed by atoms with Gasteiger partial charge in [-0.2, -0.15) is 0 Å². The molecular weight excluding hydrogens is 348 g/mol. The fourth-order valence-electron chi connectivity index (χ4n) is 2.68. The van der Waals surface area contributed by atoms with Gasteiger partial charge in [0.15, 0.2) is 0 Å². The van der Waals surface area contributed by atoms with E-state index in [4.69, 9.17) is 11.6 Å². The van der Waals surface area contributed by atoms with Gasteiger partial charge in [0.2, 0.25) is 5.91 Å². The Bertz CT molecular complexity index is 923. The molecule has 0 saturated carbocycles. The van der Waals surface area contributed by atoms with E-state index in [1.54, 1.807) is 24.3 Å². The molecule has 132 valence electrons. The van der Waals surface area contributed by atoms with Crippen LogP contribution in [0.5, 0.6) is 0 Å². The van der Waals surface area contributed by atoms with Gasteiger partial charge >= 0.3 is 0 Å². The molecule has 0 atom stereocenters. The van der Waals surface area contributed by atoms with E-state index in [2.05, 4.69) is 10.6 Å². The second-order valence-electron chi connectivity index (χ2n) is 5.97. The number of hydrogen-bond acceptors (Lipinski definition) is 2. The number of carbonyl (C=O) groups excluding carboxylic acids is 2. The molecule has 2 N–H and O–H groups in total. The third-order valence-corrected chi connectivity index (χ3v) is 4.27. The third kappa shape index (κ3) is 4.83. The molecule has 0 saturated heterocycles. The number of benzene rings is 3. The van der Waals surface area contributed by atoms with Gasteiger partial charge in [0, 0.05) is 23.7 Å². The van der Waals surface area contributed by atoms with Crippen LogP contribution >= 0.6 is 11.6 Å². The Morgan fingerprint density at radius 1 is 0.808 bits per heavy atom. The van der Waals surface area contributed by atoms with Gasteiger partial charge in [0.1, 0.15) is 0 Å². The second-order valence-corrected chi connectivity index (χ2v) is 6.41. The highest BCUT2D eigenvalue weighted by Gasteiger charge is 2.06. The fourth-order valence-corrected chi connectivity index (χ4v) is 2.80. The third-order valence-electron chi connectivity index (χ3n) is 4.02. The Morgan fingerprint density at radius 2 is 1.50 bits per heavy atom. The summed E-state index contributed by atoms with van der Waals surface area (Å²) in [7, 11) is 0. The molecule has 4 nitrogen and oxygen atoms in total. The van der Waals surface area contributed by atoms with Crippen molar-refractivity contribution >= 4 is 34.2 Å². The highest BCUT2D eigenvalue weighted by Crippen LogP contribution is 2.15. The molecule has 0 unspecified atom stereocenters. The Morgan fingerprint density at radius 3 is 2.27 bits per heavy atom. The lowest BCUT2D eigenvalue weighted by Gasteiger charge is -2.08. The van der Waals surface area contributed by atoms with Crippen LogP contribution in [0, 0.1) is 0 Å². The molecule has 3 rings (SSSR count). The monoisotopic (exact) mass is 366 g/mol. The maximum Gasteiger partial charge on any atom is 0.251 e. The van der Waals surface area contributed by atoms with Gasteiger partial charge in [0.05, 0.1) is 6.42 Å². The van der Waals surface area contributed by atoms with Crippen molar-refractivity contribution in [1.29, 1.82) is 0 Å². The lowest BCUT2D eigenvalue weighted by molar-refractivity contribution is -0.120. The molecule has 5 heteroatoms. The molecule has 26 heavy (non-hydrogen) atoms. The van der Waals surface area contributed by atoms with Crippen molar-refractivity contribution in [2.45, 2.75) is 6.42 Å². The number of nitrogens with one attached hydrogen (secondary N) is 2. The zero-order valence-electron chi connectivity index (χ0n) is 14.2. The van der Waals surface area contributed by atoms with Crippen molar-refractivity contribution in [2.75, 3.05) is 13.1 Å². The van der Waals surface area contributed by atoms with E-state index in [1.807, 2.05) is 42.5 Å². The van der Waals surface area contributed by atoms with Crippen molar-refractivity contribution < 1.29 is 9.59 Å². The van der Waals surface area contributed by atoms with Gasteiger partial charge in [-0.1, -0.05) is 54.1 Å². The van der Waals surface area contributed by atoms with E-state index in [-0.39, 0.29) is 11.8 Å². The minimum Gasteiger partial charge on any atom is -0.354 e. The Labute approximate surface area is 157 Å². The first-order valence-corrected chi connectivity index (χ1v) is 8.78. The minimum atomic E-state index is -0.189. The van der Waals surface area contributed by atoms with Crippen LogP contribution in [-0.4, -0.2) is 24.9 Å². The molecule has 3 aromatic carbocycles.